The Hall–Kier alpha value is -2.58. The molecule has 0 spiro atoms. The summed E-state index contributed by atoms with van der Waals surface area (Å²) >= 11 is 0. The Labute approximate surface area is 121 Å². The van der Waals surface area contributed by atoms with E-state index in [9.17, 15) is 22.8 Å². The van der Waals surface area contributed by atoms with E-state index in [0.29, 0.717) is 13.0 Å². The molecule has 1 aliphatic rings. The highest BCUT2D eigenvalue weighted by Crippen LogP contribution is 2.25. The number of aromatic nitrogens is 2. The number of amides is 1. The van der Waals surface area contributed by atoms with Gasteiger partial charge in [-0.25, -0.2) is 4.98 Å². The largest absolute Gasteiger partial charge is 0.573 e. The lowest BCUT2D eigenvalue weighted by Gasteiger charge is -2.12. The molecular formula is C13H10F3N3O3. The van der Waals surface area contributed by atoms with Crippen LogP contribution in [0, 0.1) is 0 Å². The topological polar surface area (TPSA) is 73.2 Å². The predicted molar refractivity (Wildman–Crippen MR) is 69.3 cm³/mol. The van der Waals surface area contributed by atoms with E-state index in [2.05, 4.69) is 15.0 Å². The molecular weight excluding hydrogens is 303 g/mol. The van der Waals surface area contributed by atoms with Gasteiger partial charge in [0.15, 0.2) is 0 Å². The molecule has 1 aromatic carbocycles. The molecule has 1 fully saturated rings. The van der Waals surface area contributed by atoms with Gasteiger partial charge in [0.05, 0.1) is 17.2 Å². The summed E-state index contributed by atoms with van der Waals surface area (Å²) in [6.07, 6.45) is -3.20. The quantitative estimate of drug-likeness (QED) is 0.908. The Morgan fingerprint density at radius 2 is 2.09 bits per heavy atom. The molecule has 0 bridgehead atoms. The molecule has 6 nitrogen and oxygen atoms in total. The summed E-state index contributed by atoms with van der Waals surface area (Å²) in [7, 11) is 0. The number of nitrogens with one attached hydrogen (secondary N) is 1. The summed E-state index contributed by atoms with van der Waals surface area (Å²) in [4.78, 5) is 28.0. The molecule has 116 valence electrons. The molecule has 2 aromatic rings. The third kappa shape index (κ3) is 2.61. The van der Waals surface area contributed by atoms with Crippen LogP contribution < -0.4 is 15.6 Å². The highest BCUT2D eigenvalue weighted by molar-refractivity contribution is 5.83. The molecule has 0 radical (unpaired) electrons. The molecule has 1 N–H and O–H groups in total. The van der Waals surface area contributed by atoms with Crippen molar-refractivity contribution in [3.8, 4) is 5.75 Å². The molecule has 22 heavy (non-hydrogen) atoms. The zero-order chi connectivity index (χ0) is 15.9. The average Bonchev–Trinajstić information content (AvgIpc) is 2.84. The molecule has 1 saturated heterocycles. The molecule has 0 unspecified atom stereocenters. The van der Waals surface area contributed by atoms with Crippen LogP contribution in [0.2, 0.25) is 0 Å². The fourth-order valence-electron chi connectivity index (χ4n) is 2.38. The van der Waals surface area contributed by atoms with E-state index in [1.807, 2.05) is 0 Å². The van der Waals surface area contributed by atoms with Crippen LogP contribution in [-0.4, -0.2) is 28.4 Å². The van der Waals surface area contributed by atoms with Crippen LogP contribution in [0.25, 0.3) is 10.9 Å². The van der Waals surface area contributed by atoms with Crippen LogP contribution in [0.5, 0.6) is 5.75 Å². The van der Waals surface area contributed by atoms with Crippen molar-refractivity contribution in [3.05, 3.63) is 34.9 Å². The van der Waals surface area contributed by atoms with E-state index in [1.54, 1.807) is 0 Å². The fraction of sp³-hybridized carbons (Fsp3) is 0.308. The van der Waals surface area contributed by atoms with E-state index >= 15 is 0 Å². The normalized spacial score (nSPS) is 18.5. The second kappa shape index (κ2) is 5.00. The van der Waals surface area contributed by atoms with Crippen molar-refractivity contribution in [1.29, 1.82) is 0 Å². The third-order valence-electron chi connectivity index (χ3n) is 3.34. The average molecular weight is 313 g/mol. The van der Waals surface area contributed by atoms with Gasteiger partial charge in [0.1, 0.15) is 11.8 Å². The van der Waals surface area contributed by atoms with Crippen LogP contribution in [-0.2, 0) is 4.79 Å². The lowest BCUT2D eigenvalue weighted by molar-refractivity contribution is -0.274. The number of carbonyl (C=O) groups is 1. The van der Waals surface area contributed by atoms with Crippen molar-refractivity contribution < 1.29 is 22.7 Å². The summed E-state index contributed by atoms with van der Waals surface area (Å²) in [5, 5.41) is 2.55. The minimum absolute atomic E-state index is 0.0380. The van der Waals surface area contributed by atoms with Gasteiger partial charge in [-0.05, 0) is 24.6 Å². The molecule has 1 aliphatic heterocycles. The molecule has 3 rings (SSSR count). The second-order valence-corrected chi connectivity index (χ2v) is 4.78. The van der Waals surface area contributed by atoms with E-state index in [1.165, 1.54) is 12.4 Å². The third-order valence-corrected chi connectivity index (χ3v) is 3.34. The van der Waals surface area contributed by atoms with Crippen molar-refractivity contribution in [2.45, 2.75) is 18.8 Å². The monoisotopic (exact) mass is 313 g/mol. The number of hydrogen-bond donors (Lipinski definition) is 1. The summed E-state index contributed by atoms with van der Waals surface area (Å²) in [6, 6.07) is 2.62. The number of fused-ring (bicyclic) bond motifs is 1. The van der Waals surface area contributed by atoms with Gasteiger partial charge in [0, 0.05) is 6.54 Å². The van der Waals surface area contributed by atoms with E-state index in [4.69, 9.17) is 0 Å². The number of ether oxygens (including phenoxy) is 1. The van der Waals surface area contributed by atoms with Gasteiger partial charge in [-0.1, -0.05) is 0 Å². The van der Waals surface area contributed by atoms with Crippen LogP contribution in [0.4, 0.5) is 13.2 Å². The van der Waals surface area contributed by atoms with E-state index in [0.717, 1.165) is 16.7 Å². The summed E-state index contributed by atoms with van der Waals surface area (Å²) < 4.78 is 41.7. The highest BCUT2D eigenvalue weighted by atomic mass is 19.4. The zero-order valence-corrected chi connectivity index (χ0v) is 11.1. The number of alkyl halides is 3. The van der Waals surface area contributed by atoms with Crippen LogP contribution in [0.15, 0.2) is 29.3 Å². The van der Waals surface area contributed by atoms with Gasteiger partial charge in [-0.15, -0.1) is 13.2 Å². The predicted octanol–water partition coefficient (Wildman–Crippen LogP) is 1.36. The van der Waals surface area contributed by atoms with Gasteiger partial charge in [0.2, 0.25) is 5.91 Å². The minimum atomic E-state index is -4.85. The number of halogens is 3. The first-order chi connectivity index (χ1) is 10.3. The maximum absolute atomic E-state index is 12.4. The van der Waals surface area contributed by atoms with Gasteiger partial charge in [-0.2, -0.15) is 0 Å². The van der Waals surface area contributed by atoms with Crippen LogP contribution >= 0.6 is 0 Å². The summed E-state index contributed by atoms with van der Waals surface area (Å²) in [5.74, 6) is -0.821. The van der Waals surface area contributed by atoms with Crippen molar-refractivity contribution in [2.24, 2.45) is 0 Å². The highest BCUT2D eigenvalue weighted by Gasteiger charge is 2.31. The van der Waals surface area contributed by atoms with Crippen molar-refractivity contribution >= 4 is 16.8 Å². The standard InChI is InChI=1S/C13H10F3N3O3/c14-13(15,16)22-7-1-2-9-8(5-7)12(21)19(6-18-9)10-3-4-17-11(10)20/h1-2,5-6,10H,3-4H2,(H,17,20)/t10-/m0/s1. The number of hydrogen-bond acceptors (Lipinski definition) is 4. The van der Waals surface area contributed by atoms with Gasteiger partial charge in [0.25, 0.3) is 5.56 Å². The fourth-order valence-corrected chi connectivity index (χ4v) is 2.38. The minimum Gasteiger partial charge on any atom is -0.406 e. The Morgan fingerprint density at radius 3 is 2.73 bits per heavy atom. The van der Waals surface area contributed by atoms with E-state index in [-0.39, 0.29) is 16.8 Å². The molecule has 0 saturated carbocycles. The Morgan fingerprint density at radius 1 is 1.32 bits per heavy atom. The zero-order valence-electron chi connectivity index (χ0n) is 11.1. The Kier molecular flexibility index (Phi) is 3.27. The van der Waals surface area contributed by atoms with Gasteiger partial charge < -0.3 is 10.1 Å². The molecule has 1 atom stereocenters. The molecule has 1 amide bonds. The summed E-state index contributed by atoms with van der Waals surface area (Å²) in [5.41, 5.74) is -0.353. The lowest BCUT2D eigenvalue weighted by Crippen LogP contribution is -2.30. The smallest absolute Gasteiger partial charge is 0.406 e. The number of nitrogens with zero attached hydrogens (tertiary/aromatic N) is 2. The van der Waals surface area contributed by atoms with Crippen LogP contribution in [0.1, 0.15) is 12.5 Å². The van der Waals surface area contributed by atoms with Crippen molar-refractivity contribution in [2.75, 3.05) is 6.54 Å². The molecule has 0 aliphatic carbocycles. The Balaban J connectivity index is 2.08. The Bertz CT molecular complexity index is 800. The SMILES string of the molecule is O=C1NCC[C@@H]1n1cnc2ccc(OC(F)(F)F)cc2c1=O. The van der Waals surface area contributed by atoms with Crippen LogP contribution in [0.3, 0.4) is 0 Å². The lowest BCUT2D eigenvalue weighted by atomic mass is 10.2. The first kappa shape index (κ1) is 14.4. The first-order valence-corrected chi connectivity index (χ1v) is 6.39. The second-order valence-electron chi connectivity index (χ2n) is 4.78. The molecule has 2 heterocycles. The maximum atomic E-state index is 12.4. The van der Waals surface area contributed by atoms with Crippen molar-refractivity contribution in [3.63, 3.8) is 0 Å². The summed E-state index contributed by atoms with van der Waals surface area (Å²) in [6.45, 7) is 0.436. The number of benzene rings is 1. The number of carbonyl (C=O) groups excluding carboxylic acids is 1. The first-order valence-electron chi connectivity index (χ1n) is 6.39. The number of rotatable bonds is 2. The molecule has 1 aromatic heterocycles. The van der Waals surface area contributed by atoms with Gasteiger partial charge >= 0.3 is 6.36 Å². The van der Waals surface area contributed by atoms with Crippen molar-refractivity contribution in [1.82, 2.24) is 14.9 Å². The van der Waals surface area contributed by atoms with E-state index < -0.39 is 23.7 Å². The van der Waals surface area contributed by atoms with Gasteiger partial charge in [-0.3, -0.25) is 14.2 Å². The maximum Gasteiger partial charge on any atom is 0.573 e. The molecule has 9 heteroatoms.